The molecule has 2 aliphatic heterocycles. The quantitative estimate of drug-likeness (QED) is 0.403. The lowest BCUT2D eigenvalue weighted by atomic mass is 9.89. The van der Waals surface area contributed by atoms with Crippen molar-refractivity contribution >= 4 is 41.1 Å². The molecule has 18 heteroatoms. The van der Waals surface area contributed by atoms with Crippen molar-refractivity contribution in [3.8, 4) is 11.3 Å². The molecule has 0 unspecified atom stereocenters. The van der Waals surface area contributed by atoms with Gasteiger partial charge in [-0.25, -0.2) is 9.78 Å². The average molecular weight is 723 g/mol. The predicted molar refractivity (Wildman–Crippen MR) is 174 cm³/mol. The molecule has 0 spiro atoms. The van der Waals surface area contributed by atoms with Crippen molar-refractivity contribution in [1.82, 2.24) is 34.0 Å². The predicted octanol–water partition coefficient (Wildman–Crippen LogP) is 3.79. The highest BCUT2D eigenvalue weighted by Crippen LogP contribution is 2.36. The smallest absolute Gasteiger partial charge is 0.435 e. The van der Waals surface area contributed by atoms with Gasteiger partial charge < -0.3 is 34.4 Å². The summed E-state index contributed by atoms with van der Waals surface area (Å²) in [7, 11) is 2.76. The molecule has 2 fully saturated rings. The summed E-state index contributed by atoms with van der Waals surface area (Å²) >= 11 is 6.45. The molecule has 0 bridgehead atoms. The number of aryl methyl sites for hydroxylation is 1. The second kappa shape index (κ2) is 13.6. The van der Waals surface area contributed by atoms with Gasteiger partial charge in [-0.3, -0.25) is 19.1 Å². The third kappa shape index (κ3) is 7.72. The molecular weight excluding hydrogens is 685 g/mol. The van der Waals surface area contributed by atoms with Gasteiger partial charge in [0.05, 0.1) is 28.0 Å². The Labute approximate surface area is 290 Å². The topological polar surface area (TPSA) is 155 Å². The van der Waals surface area contributed by atoms with E-state index in [0.29, 0.717) is 0 Å². The van der Waals surface area contributed by atoms with Crippen molar-refractivity contribution in [2.24, 2.45) is 14.1 Å². The molecule has 4 amide bonds. The number of likely N-dealkylation sites (tertiary alicyclic amines) is 1. The molecule has 14 nitrogen and oxygen atoms in total. The zero-order valence-corrected chi connectivity index (χ0v) is 28.9. The first-order valence-corrected chi connectivity index (χ1v) is 16.2. The number of piperidine rings is 1. The van der Waals surface area contributed by atoms with Gasteiger partial charge in [0, 0.05) is 78.1 Å². The molecule has 2 aromatic heterocycles. The van der Waals surface area contributed by atoms with Crippen LogP contribution in [0.15, 0.2) is 30.6 Å². The highest BCUT2D eigenvalue weighted by Gasteiger charge is 2.44. The highest BCUT2D eigenvalue weighted by atomic mass is 35.5. The molecular formula is C32H38ClF3N8O6. The molecule has 270 valence electrons. The Bertz CT molecular complexity index is 1800. The summed E-state index contributed by atoms with van der Waals surface area (Å²) in [5.74, 6) is -1.73. The first kappa shape index (κ1) is 36.6. The molecule has 0 radical (unpaired) electrons. The van der Waals surface area contributed by atoms with Crippen LogP contribution < -0.4 is 5.32 Å². The Morgan fingerprint density at radius 3 is 2.16 bits per heavy atom. The summed E-state index contributed by atoms with van der Waals surface area (Å²) in [4.78, 5) is 60.6. The molecule has 0 atom stereocenters. The van der Waals surface area contributed by atoms with E-state index in [1.165, 1.54) is 57.8 Å². The van der Waals surface area contributed by atoms with Crippen LogP contribution in [0, 0.1) is 0 Å². The van der Waals surface area contributed by atoms with Crippen molar-refractivity contribution in [3.05, 3.63) is 52.7 Å². The Balaban J connectivity index is 1.17. The molecule has 2 N–H and O–H groups in total. The monoisotopic (exact) mass is 722 g/mol. The summed E-state index contributed by atoms with van der Waals surface area (Å²) in [5, 5.41) is 17.3. The van der Waals surface area contributed by atoms with Crippen LogP contribution in [0.2, 0.25) is 5.02 Å². The number of benzene rings is 1. The SMILES string of the molecule is Cn1cc(-c2cnc(C(=O)Nc3ccc(C(=O)N4CCN(C(=O)C5(O)CCN(C(=O)OC(C)(C)C)CC5)CC4)c(Cl)c3)n2C)c(C(F)(F)F)n1. The summed E-state index contributed by atoms with van der Waals surface area (Å²) in [6.45, 7) is 6.36. The Morgan fingerprint density at radius 2 is 1.58 bits per heavy atom. The number of halogens is 4. The third-order valence-corrected chi connectivity index (χ3v) is 8.83. The van der Waals surface area contributed by atoms with Crippen LogP contribution in [0.4, 0.5) is 23.7 Å². The summed E-state index contributed by atoms with van der Waals surface area (Å²) in [6, 6.07) is 4.27. The normalized spacial score (nSPS) is 16.7. The third-order valence-electron chi connectivity index (χ3n) is 8.52. The number of alkyl halides is 3. The van der Waals surface area contributed by atoms with E-state index in [4.69, 9.17) is 16.3 Å². The number of carbonyl (C=O) groups excluding carboxylic acids is 4. The maximum atomic E-state index is 13.5. The van der Waals surface area contributed by atoms with Gasteiger partial charge in [-0.15, -0.1) is 0 Å². The number of rotatable bonds is 5. The van der Waals surface area contributed by atoms with Gasteiger partial charge in [0.1, 0.15) is 11.2 Å². The van der Waals surface area contributed by atoms with E-state index in [1.54, 1.807) is 20.8 Å². The number of imidazole rings is 1. The summed E-state index contributed by atoms with van der Waals surface area (Å²) < 4.78 is 48.2. The van der Waals surface area contributed by atoms with Crippen LogP contribution >= 0.6 is 11.6 Å². The average Bonchev–Trinajstić information content (AvgIpc) is 3.62. The van der Waals surface area contributed by atoms with Crippen molar-refractivity contribution < 1.29 is 42.2 Å². The van der Waals surface area contributed by atoms with E-state index in [1.807, 2.05) is 0 Å². The van der Waals surface area contributed by atoms with Gasteiger partial charge in [0.15, 0.2) is 11.5 Å². The molecule has 2 saturated heterocycles. The zero-order chi connectivity index (χ0) is 36.8. The molecule has 50 heavy (non-hydrogen) atoms. The Morgan fingerprint density at radius 1 is 0.960 bits per heavy atom. The number of hydrogen-bond donors (Lipinski definition) is 2. The number of anilines is 1. The van der Waals surface area contributed by atoms with Crippen LogP contribution in [0.3, 0.4) is 0 Å². The van der Waals surface area contributed by atoms with Crippen molar-refractivity contribution in [2.45, 2.75) is 51.0 Å². The molecule has 0 aliphatic carbocycles. The molecule has 4 heterocycles. The Kier molecular flexibility index (Phi) is 9.95. The van der Waals surface area contributed by atoms with Crippen LogP contribution in [-0.2, 0) is 29.8 Å². The van der Waals surface area contributed by atoms with E-state index in [-0.39, 0.29) is 85.5 Å². The van der Waals surface area contributed by atoms with Gasteiger partial charge >= 0.3 is 12.3 Å². The number of aliphatic hydroxyl groups is 1. The van der Waals surface area contributed by atoms with Gasteiger partial charge in [-0.05, 0) is 39.0 Å². The number of aromatic nitrogens is 4. The second-order valence-corrected chi connectivity index (χ2v) is 13.7. The minimum atomic E-state index is -4.71. The minimum absolute atomic E-state index is 0.0362. The van der Waals surface area contributed by atoms with Gasteiger partial charge in [0.25, 0.3) is 17.7 Å². The number of nitrogens with zero attached hydrogens (tertiary/aromatic N) is 7. The summed E-state index contributed by atoms with van der Waals surface area (Å²) in [6.07, 6.45) is -2.74. The van der Waals surface area contributed by atoms with E-state index in [0.717, 1.165) is 10.9 Å². The number of carbonyl (C=O) groups is 4. The lowest BCUT2D eigenvalue weighted by Crippen LogP contribution is -2.59. The van der Waals surface area contributed by atoms with Gasteiger partial charge in [0.2, 0.25) is 0 Å². The first-order chi connectivity index (χ1) is 23.3. The Hall–Kier alpha value is -4.64. The van der Waals surface area contributed by atoms with E-state index in [2.05, 4.69) is 15.4 Å². The molecule has 0 saturated carbocycles. The second-order valence-electron chi connectivity index (χ2n) is 13.3. The molecule has 1 aromatic carbocycles. The van der Waals surface area contributed by atoms with Crippen LogP contribution in [0.25, 0.3) is 11.3 Å². The molecule has 3 aromatic rings. The van der Waals surface area contributed by atoms with Crippen molar-refractivity contribution in [3.63, 3.8) is 0 Å². The minimum Gasteiger partial charge on any atom is -0.444 e. The maximum Gasteiger partial charge on any atom is 0.435 e. The van der Waals surface area contributed by atoms with E-state index in [9.17, 15) is 37.5 Å². The van der Waals surface area contributed by atoms with Crippen molar-refractivity contribution in [2.75, 3.05) is 44.6 Å². The standard InChI is InChI=1S/C32H38ClF3N8O6/c1-30(2,3)50-29(48)44-10-8-31(49,9-11-44)28(47)43-14-12-42(13-15-43)27(46)20-7-6-19(16-22(20)33)38-26(45)25-37-17-23(41(25)5)21-18-40(4)39-24(21)32(34,35)36/h6-7,16-18,49H,8-15H2,1-5H3,(H,38,45). The zero-order valence-electron chi connectivity index (χ0n) is 28.2. The summed E-state index contributed by atoms with van der Waals surface area (Å²) in [5.41, 5.74) is -3.21. The lowest BCUT2D eigenvalue weighted by molar-refractivity contribution is -0.157. The fraction of sp³-hybridized carbons (Fsp3) is 0.500. The lowest BCUT2D eigenvalue weighted by Gasteiger charge is -2.42. The van der Waals surface area contributed by atoms with E-state index >= 15 is 0 Å². The van der Waals surface area contributed by atoms with Crippen LogP contribution in [0.1, 0.15) is 60.3 Å². The van der Waals surface area contributed by atoms with Gasteiger partial charge in [-0.2, -0.15) is 18.3 Å². The molecule has 5 rings (SSSR count). The van der Waals surface area contributed by atoms with Crippen molar-refractivity contribution in [1.29, 1.82) is 0 Å². The van der Waals surface area contributed by atoms with Crippen LogP contribution in [-0.4, -0.2) is 113 Å². The fourth-order valence-corrected chi connectivity index (χ4v) is 6.15. The number of ether oxygens (including phenoxy) is 1. The van der Waals surface area contributed by atoms with Crippen LogP contribution in [0.5, 0.6) is 0 Å². The first-order valence-electron chi connectivity index (χ1n) is 15.8. The largest absolute Gasteiger partial charge is 0.444 e. The highest BCUT2D eigenvalue weighted by molar-refractivity contribution is 6.34. The van der Waals surface area contributed by atoms with Gasteiger partial charge in [-0.1, -0.05) is 11.6 Å². The molecule has 2 aliphatic rings. The number of piperazine rings is 1. The van der Waals surface area contributed by atoms with E-state index < -0.39 is 46.9 Å². The number of amides is 4. The number of hydrogen-bond acceptors (Lipinski definition) is 8. The fourth-order valence-electron chi connectivity index (χ4n) is 5.89. The maximum absolute atomic E-state index is 13.5. The number of nitrogens with one attached hydrogen (secondary N) is 1.